The molecule has 2 heterocycles. The number of pyridine rings is 1. The van der Waals surface area contributed by atoms with Gasteiger partial charge in [0.2, 0.25) is 0 Å². The van der Waals surface area contributed by atoms with Gasteiger partial charge >= 0.3 is 0 Å². The largest absolute Gasteiger partial charge is 0.394 e. The predicted molar refractivity (Wildman–Crippen MR) is 65.6 cm³/mol. The topological polar surface area (TPSA) is 63.0 Å². The first-order valence-corrected chi connectivity index (χ1v) is 5.57. The third kappa shape index (κ3) is 3.04. The first-order chi connectivity index (χ1) is 8.29. The molecule has 2 aromatic heterocycles. The van der Waals surface area contributed by atoms with Gasteiger partial charge < -0.3 is 10.4 Å². The van der Waals surface area contributed by atoms with Crippen LogP contribution in [0.25, 0.3) is 0 Å². The predicted octanol–water partition coefficient (Wildman–Crippen LogP) is 1.19. The van der Waals surface area contributed by atoms with Crippen LogP contribution < -0.4 is 5.32 Å². The fourth-order valence-corrected chi connectivity index (χ4v) is 1.58. The third-order valence-electron chi connectivity index (χ3n) is 2.56. The highest BCUT2D eigenvalue weighted by atomic mass is 16.3. The minimum absolute atomic E-state index is 0.100. The first-order valence-electron chi connectivity index (χ1n) is 5.57. The van der Waals surface area contributed by atoms with Crippen LogP contribution in [0.5, 0.6) is 0 Å². The Balaban J connectivity index is 1.95. The molecule has 0 aliphatic carbocycles. The van der Waals surface area contributed by atoms with E-state index in [9.17, 15) is 0 Å². The van der Waals surface area contributed by atoms with E-state index < -0.39 is 0 Å². The van der Waals surface area contributed by atoms with Crippen LogP contribution in [0, 0.1) is 6.92 Å². The van der Waals surface area contributed by atoms with Crippen LogP contribution in [0.1, 0.15) is 11.3 Å². The Bertz CT molecular complexity index is 481. The maximum absolute atomic E-state index is 8.78. The minimum Gasteiger partial charge on any atom is -0.394 e. The Kier molecular flexibility index (Phi) is 3.72. The summed E-state index contributed by atoms with van der Waals surface area (Å²) in [4.78, 5) is 4.23. The van der Waals surface area contributed by atoms with E-state index in [0.29, 0.717) is 6.54 Å². The van der Waals surface area contributed by atoms with Gasteiger partial charge in [0.05, 0.1) is 25.0 Å². The van der Waals surface area contributed by atoms with Crippen LogP contribution in [0.15, 0.2) is 30.7 Å². The van der Waals surface area contributed by atoms with Crippen molar-refractivity contribution in [1.82, 2.24) is 14.8 Å². The number of aryl methyl sites for hydroxylation is 1. The molecule has 0 aliphatic rings. The fourth-order valence-electron chi connectivity index (χ4n) is 1.58. The molecule has 0 fully saturated rings. The van der Waals surface area contributed by atoms with Gasteiger partial charge in [-0.05, 0) is 18.6 Å². The van der Waals surface area contributed by atoms with Crippen molar-refractivity contribution in [2.24, 2.45) is 0 Å². The maximum atomic E-state index is 8.78. The molecule has 0 amide bonds. The summed E-state index contributed by atoms with van der Waals surface area (Å²) >= 11 is 0. The molecular weight excluding hydrogens is 216 g/mol. The number of rotatable bonds is 5. The molecule has 0 bridgehead atoms. The van der Waals surface area contributed by atoms with Gasteiger partial charge in [0.15, 0.2) is 0 Å². The summed E-state index contributed by atoms with van der Waals surface area (Å²) in [5, 5.41) is 16.2. The van der Waals surface area contributed by atoms with E-state index in [4.69, 9.17) is 5.11 Å². The number of anilines is 1. The normalized spacial score (nSPS) is 10.5. The SMILES string of the molecule is Cc1ncccc1CNc1cnn(CCO)c1. The summed E-state index contributed by atoms with van der Waals surface area (Å²) in [5.74, 6) is 0. The zero-order valence-electron chi connectivity index (χ0n) is 9.80. The van der Waals surface area contributed by atoms with Crippen LogP contribution in [0.2, 0.25) is 0 Å². The molecule has 0 aromatic carbocycles. The second-order valence-electron chi connectivity index (χ2n) is 3.82. The summed E-state index contributed by atoms with van der Waals surface area (Å²) in [5.41, 5.74) is 3.15. The van der Waals surface area contributed by atoms with Gasteiger partial charge in [-0.25, -0.2) is 0 Å². The Morgan fingerprint density at radius 2 is 2.35 bits per heavy atom. The average molecular weight is 232 g/mol. The summed E-state index contributed by atoms with van der Waals surface area (Å²) < 4.78 is 1.71. The van der Waals surface area contributed by atoms with Gasteiger partial charge in [-0.2, -0.15) is 5.10 Å². The molecule has 0 atom stereocenters. The van der Waals surface area contributed by atoms with Gasteiger partial charge in [0.1, 0.15) is 0 Å². The molecule has 2 aromatic rings. The van der Waals surface area contributed by atoms with Gasteiger partial charge in [-0.1, -0.05) is 6.07 Å². The number of hydrogen-bond acceptors (Lipinski definition) is 4. The highest BCUT2D eigenvalue weighted by Crippen LogP contribution is 2.09. The van der Waals surface area contributed by atoms with E-state index in [1.807, 2.05) is 25.3 Å². The van der Waals surface area contributed by atoms with E-state index in [1.165, 1.54) is 5.56 Å². The Hall–Kier alpha value is -1.88. The van der Waals surface area contributed by atoms with Gasteiger partial charge in [0, 0.05) is 24.6 Å². The van der Waals surface area contributed by atoms with Crippen molar-refractivity contribution in [2.45, 2.75) is 20.0 Å². The molecule has 90 valence electrons. The maximum Gasteiger partial charge on any atom is 0.0729 e. The monoisotopic (exact) mass is 232 g/mol. The second-order valence-corrected chi connectivity index (χ2v) is 3.82. The van der Waals surface area contributed by atoms with Crippen LogP contribution in [0.3, 0.4) is 0 Å². The van der Waals surface area contributed by atoms with E-state index in [1.54, 1.807) is 17.1 Å². The van der Waals surface area contributed by atoms with Gasteiger partial charge in [0.25, 0.3) is 0 Å². The molecule has 0 saturated heterocycles. The van der Waals surface area contributed by atoms with Crippen molar-refractivity contribution in [3.8, 4) is 0 Å². The molecule has 5 heteroatoms. The van der Waals surface area contributed by atoms with Gasteiger partial charge in [-0.15, -0.1) is 0 Å². The number of nitrogens with zero attached hydrogens (tertiary/aromatic N) is 3. The molecule has 17 heavy (non-hydrogen) atoms. The van der Waals surface area contributed by atoms with Gasteiger partial charge in [-0.3, -0.25) is 9.67 Å². The molecule has 2 N–H and O–H groups in total. The molecule has 0 unspecified atom stereocenters. The molecule has 0 radical (unpaired) electrons. The quantitative estimate of drug-likeness (QED) is 0.813. The zero-order valence-corrected chi connectivity index (χ0v) is 9.80. The average Bonchev–Trinajstić information content (AvgIpc) is 2.76. The van der Waals surface area contributed by atoms with Crippen molar-refractivity contribution in [3.05, 3.63) is 42.0 Å². The van der Waals surface area contributed by atoms with Crippen molar-refractivity contribution in [3.63, 3.8) is 0 Å². The summed E-state index contributed by atoms with van der Waals surface area (Å²) in [6.07, 6.45) is 5.42. The van der Waals surface area contributed by atoms with Crippen LogP contribution in [-0.4, -0.2) is 26.5 Å². The van der Waals surface area contributed by atoms with Crippen LogP contribution >= 0.6 is 0 Å². The lowest BCUT2D eigenvalue weighted by molar-refractivity contribution is 0.269. The summed E-state index contributed by atoms with van der Waals surface area (Å²) in [6, 6.07) is 3.98. The fraction of sp³-hybridized carbons (Fsp3) is 0.333. The highest BCUT2D eigenvalue weighted by Gasteiger charge is 2.00. The lowest BCUT2D eigenvalue weighted by Crippen LogP contribution is -2.03. The molecule has 5 nitrogen and oxygen atoms in total. The molecule has 2 rings (SSSR count). The van der Waals surface area contributed by atoms with E-state index in [0.717, 1.165) is 17.9 Å². The second kappa shape index (κ2) is 5.45. The Labute approximate surface area is 100 Å². The van der Waals surface area contributed by atoms with Crippen molar-refractivity contribution >= 4 is 5.69 Å². The third-order valence-corrected chi connectivity index (χ3v) is 2.56. The van der Waals surface area contributed by atoms with E-state index in [-0.39, 0.29) is 6.61 Å². The highest BCUT2D eigenvalue weighted by molar-refractivity contribution is 5.39. The van der Waals surface area contributed by atoms with Crippen LogP contribution in [-0.2, 0) is 13.1 Å². The molecule has 0 aliphatic heterocycles. The molecule has 0 saturated carbocycles. The number of aromatic nitrogens is 3. The van der Waals surface area contributed by atoms with Crippen molar-refractivity contribution < 1.29 is 5.11 Å². The van der Waals surface area contributed by atoms with E-state index in [2.05, 4.69) is 15.4 Å². The zero-order chi connectivity index (χ0) is 12.1. The number of hydrogen-bond donors (Lipinski definition) is 2. The summed E-state index contributed by atoms with van der Waals surface area (Å²) in [7, 11) is 0. The van der Waals surface area contributed by atoms with E-state index >= 15 is 0 Å². The smallest absolute Gasteiger partial charge is 0.0729 e. The summed E-state index contributed by atoms with van der Waals surface area (Å²) in [6.45, 7) is 3.34. The minimum atomic E-state index is 0.100. The number of aliphatic hydroxyl groups excluding tert-OH is 1. The number of nitrogens with one attached hydrogen (secondary N) is 1. The van der Waals surface area contributed by atoms with Crippen molar-refractivity contribution in [1.29, 1.82) is 0 Å². The lowest BCUT2D eigenvalue weighted by Gasteiger charge is -2.05. The molecular formula is C12H16N4O. The standard InChI is InChI=1S/C12H16N4O/c1-10-11(3-2-4-13-10)7-14-12-8-15-16(9-12)5-6-17/h2-4,8-9,14,17H,5-7H2,1H3. The molecule has 0 spiro atoms. The Morgan fingerprint density at radius 3 is 3.12 bits per heavy atom. The van der Waals surface area contributed by atoms with Crippen LogP contribution in [0.4, 0.5) is 5.69 Å². The number of aliphatic hydroxyl groups is 1. The lowest BCUT2D eigenvalue weighted by atomic mass is 10.2. The first kappa shape index (κ1) is 11.6. The van der Waals surface area contributed by atoms with Crippen molar-refractivity contribution in [2.75, 3.05) is 11.9 Å². The Morgan fingerprint density at radius 1 is 1.47 bits per heavy atom.